The Kier molecular flexibility index (Phi) is 3.98. The molecule has 1 heterocycles. The van der Waals surface area contributed by atoms with Crippen LogP contribution in [0.1, 0.15) is 16.1 Å². The van der Waals surface area contributed by atoms with Crippen molar-refractivity contribution in [2.75, 3.05) is 5.32 Å². The summed E-state index contributed by atoms with van der Waals surface area (Å²) >= 11 is 3.23. The summed E-state index contributed by atoms with van der Waals surface area (Å²) in [6, 6.07) is 6.15. The summed E-state index contributed by atoms with van der Waals surface area (Å²) in [6.07, 6.45) is 1.63. The number of sulfonamides is 1. The van der Waals surface area contributed by atoms with Crippen molar-refractivity contribution in [1.82, 2.24) is 4.98 Å². The first kappa shape index (κ1) is 14.8. The van der Waals surface area contributed by atoms with Gasteiger partial charge in [-0.3, -0.25) is 4.79 Å². The van der Waals surface area contributed by atoms with E-state index in [0.29, 0.717) is 16.9 Å². The summed E-state index contributed by atoms with van der Waals surface area (Å²) in [4.78, 5) is 14.8. The zero-order valence-electron chi connectivity index (χ0n) is 10.5. The molecule has 0 spiro atoms. The second kappa shape index (κ2) is 5.39. The molecule has 0 fully saturated rings. The van der Waals surface area contributed by atoms with Crippen LogP contribution in [0.4, 0.5) is 5.69 Å². The van der Waals surface area contributed by atoms with Crippen LogP contribution in [0.2, 0.25) is 0 Å². The van der Waals surface area contributed by atoms with Crippen LogP contribution in [0.15, 0.2) is 39.8 Å². The second-order valence-electron chi connectivity index (χ2n) is 4.16. The number of amides is 1. The van der Waals surface area contributed by atoms with Gasteiger partial charge in [-0.1, -0.05) is 6.07 Å². The smallest absolute Gasteiger partial charge is 0.272 e. The number of carbonyl (C=O) groups excluding carboxylic acids is 1. The number of rotatable bonds is 3. The summed E-state index contributed by atoms with van der Waals surface area (Å²) in [5.74, 6) is -0.370. The molecule has 4 N–H and O–H groups in total. The van der Waals surface area contributed by atoms with E-state index in [2.05, 4.69) is 26.2 Å². The zero-order valence-corrected chi connectivity index (χ0v) is 12.9. The molecule has 8 heteroatoms. The van der Waals surface area contributed by atoms with Gasteiger partial charge >= 0.3 is 0 Å². The highest BCUT2D eigenvalue weighted by atomic mass is 79.9. The van der Waals surface area contributed by atoms with Crippen molar-refractivity contribution in [2.24, 2.45) is 5.14 Å². The highest BCUT2D eigenvalue weighted by Crippen LogP contribution is 2.22. The van der Waals surface area contributed by atoms with E-state index in [1.54, 1.807) is 25.3 Å². The van der Waals surface area contributed by atoms with Crippen molar-refractivity contribution < 1.29 is 13.2 Å². The standard InChI is InChI=1S/C12H12BrN3O3S/c1-7-9(3-2-4-11(7)20(14,18)19)16-12(17)10-5-8(13)6-15-10/h2-6,15H,1H3,(H,16,17)(H2,14,18,19). The van der Waals surface area contributed by atoms with E-state index in [9.17, 15) is 13.2 Å². The number of H-pyrrole nitrogens is 1. The number of nitrogens with two attached hydrogens (primary N) is 1. The molecule has 0 aliphatic carbocycles. The molecule has 1 aromatic heterocycles. The lowest BCUT2D eigenvalue weighted by Gasteiger charge is -2.10. The fourth-order valence-electron chi connectivity index (χ4n) is 1.75. The zero-order chi connectivity index (χ0) is 14.9. The average Bonchev–Trinajstić information content (AvgIpc) is 2.77. The number of hydrogen-bond donors (Lipinski definition) is 3. The van der Waals surface area contributed by atoms with E-state index in [-0.39, 0.29) is 10.8 Å². The van der Waals surface area contributed by atoms with Gasteiger partial charge in [-0.05, 0) is 46.6 Å². The van der Waals surface area contributed by atoms with Gasteiger partial charge in [0.2, 0.25) is 10.0 Å². The third-order valence-corrected chi connectivity index (χ3v) is 4.24. The molecule has 2 aromatic rings. The van der Waals surface area contributed by atoms with E-state index in [4.69, 9.17) is 5.14 Å². The highest BCUT2D eigenvalue weighted by Gasteiger charge is 2.16. The first-order valence-corrected chi connectivity index (χ1v) is 7.90. The molecule has 0 saturated heterocycles. The maximum absolute atomic E-state index is 12.0. The molecule has 6 nitrogen and oxygen atoms in total. The largest absolute Gasteiger partial charge is 0.356 e. The molecule has 0 saturated carbocycles. The molecule has 1 amide bonds. The number of nitrogens with one attached hydrogen (secondary N) is 2. The number of aromatic amines is 1. The number of anilines is 1. The van der Waals surface area contributed by atoms with E-state index >= 15 is 0 Å². The third kappa shape index (κ3) is 3.09. The van der Waals surface area contributed by atoms with Gasteiger partial charge in [0.05, 0.1) is 4.90 Å². The average molecular weight is 358 g/mol. The van der Waals surface area contributed by atoms with Crippen LogP contribution in [0.25, 0.3) is 0 Å². The van der Waals surface area contributed by atoms with E-state index in [0.717, 1.165) is 4.47 Å². The topological polar surface area (TPSA) is 105 Å². The lowest BCUT2D eigenvalue weighted by molar-refractivity contribution is 0.102. The van der Waals surface area contributed by atoms with Crippen LogP contribution in [-0.2, 0) is 10.0 Å². The quantitative estimate of drug-likeness (QED) is 0.781. The van der Waals surface area contributed by atoms with Crippen LogP contribution in [0, 0.1) is 6.92 Å². The number of benzene rings is 1. The number of primary sulfonamides is 1. The van der Waals surface area contributed by atoms with E-state index in [1.807, 2.05) is 0 Å². The molecule has 20 heavy (non-hydrogen) atoms. The molecule has 106 valence electrons. The normalized spacial score (nSPS) is 11.3. The number of halogens is 1. The second-order valence-corrected chi connectivity index (χ2v) is 6.60. The molecule has 0 aliphatic rings. The van der Waals surface area contributed by atoms with Gasteiger partial charge < -0.3 is 10.3 Å². The van der Waals surface area contributed by atoms with Gasteiger partial charge in [0, 0.05) is 16.4 Å². The predicted molar refractivity (Wildman–Crippen MR) is 79.0 cm³/mol. The minimum atomic E-state index is -3.82. The first-order valence-electron chi connectivity index (χ1n) is 5.56. The summed E-state index contributed by atoms with van der Waals surface area (Å²) in [7, 11) is -3.82. The summed E-state index contributed by atoms with van der Waals surface area (Å²) < 4.78 is 23.6. The molecule has 0 aliphatic heterocycles. The van der Waals surface area contributed by atoms with Crippen LogP contribution in [0.3, 0.4) is 0 Å². The first-order chi connectivity index (χ1) is 9.29. The Bertz CT molecular complexity index is 768. The summed E-state index contributed by atoms with van der Waals surface area (Å²) in [6.45, 7) is 1.58. The maximum Gasteiger partial charge on any atom is 0.272 e. The lowest BCUT2D eigenvalue weighted by Crippen LogP contribution is -2.17. The Balaban J connectivity index is 2.33. The minimum absolute atomic E-state index is 0.0111. The Hall–Kier alpha value is -1.64. The molecule has 0 bridgehead atoms. The third-order valence-electron chi connectivity index (χ3n) is 2.73. The number of hydrogen-bond acceptors (Lipinski definition) is 3. The Labute approximate surface area is 124 Å². The van der Waals surface area contributed by atoms with Gasteiger partial charge in [0.15, 0.2) is 0 Å². The van der Waals surface area contributed by atoms with E-state index in [1.165, 1.54) is 12.1 Å². The molecular weight excluding hydrogens is 346 g/mol. The maximum atomic E-state index is 12.0. The summed E-state index contributed by atoms with van der Waals surface area (Å²) in [5.41, 5.74) is 1.15. The van der Waals surface area contributed by atoms with Gasteiger partial charge in [-0.15, -0.1) is 0 Å². The Morgan fingerprint density at radius 3 is 2.65 bits per heavy atom. The van der Waals surface area contributed by atoms with Crippen molar-refractivity contribution in [2.45, 2.75) is 11.8 Å². The molecule has 0 unspecified atom stereocenters. The highest BCUT2D eigenvalue weighted by molar-refractivity contribution is 9.10. The van der Waals surface area contributed by atoms with Crippen molar-refractivity contribution in [3.8, 4) is 0 Å². The SMILES string of the molecule is Cc1c(NC(=O)c2cc(Br)c[nH]2)cccc1S(N)(=O)=O. The van der Waals surface area contributed by atoms with E-state index < -0.39 is 10.0 Å². The number of aromatic nitrogens is 1. The van der Waals surface area contributed by atoms with Crippen molar-refractivity contribution in [3.05, 3.63) is 46.2 Å². The van der Waals surface area contributed by atoms with Crippen molar-refractivity contribution in [1.29, 1.82) is 0 Å². The summed E-state index contributed by atoms with van der Waals surface area (Å²) in [5, 5.41) is 7.76. The molecule has 0 atom stereocenters. The Morgan fingerprint density at radius 2 is 2.10 bits per heavy atom. The van der Waals surface area contributed by atoms with Crippen LogP contribution < -0.4 is 10.5 Å². The number of carbonyl (C=O) groups is 1. The fourth-order valence-corrected chi connectivity index (χ4v) is 2.90. The van der Waals surface area contributed by atoms with Crippen LogP contribution in [0.5, 0.6) is 0 Å². The molecule has 1 aromatic carbocycles. The Morgan fingerprint density at radius 1 is 1.40 bits per heavy atom. The van der Waals surface area contributed by atoms with Crippen LogP contribution >= 0.6 is 15.9 Å². The lowest BCUT2D eigenvalue weighted by atomic mass is 10.2. The minimum Gasteiger partial charge on any atom is -0.356 e. The van der Waals surface area contributed by atoms with Crippen molar-refractivity contribution >= 4 is 37.5 Å². The van der Waals surface area contributed by atoms with Gasteiger partial charge in [-0.2, -0.15) is 0 Å². The van der Waals surface area contributed by atoms with Crippen molar-refractivity contribution in [3.63, 3.8) is 0 Å². The predicted octanol–water partition coefficient (Wildman–Crippen LogP) is 1.99. The van der Waals surface area contributed by atoms with Crippen LogP contribution in [-0.4, -0.2) is 19.3 Å². The molecule has 0 radical (unpaired) electrons. The van der Waals surface area contributed by atoms with Gasteiger partial charge in [-0.25, -0.2) is 13.6 Å². The molecule has 2 rings (SSSR count). The molecular formula is C12H12BrN3O3S. The fraction of sp³-hybridized carbons (Fsp3) is 0.0833. The van der Waals surface area contributed by atoms with Gasteiger partial charge in [0.1, 0.15) is 5.69 Å². The van der Waals surface area contributed by atoms with Gasteiger partial charge in [0.25, 0.3) is 5.91 Å². The monoisotopic (exact) mass is 357 g/mol.